The number of rotatable bonds is 2. The SMILES string of the molecule is CCN1CCO[C@H](C2(C)COC2)C1. The van der Waals surface area contributed by atoms with Crippen LogP contribution in [-0.2, 0) is 9.47 Å². The van der Waals surface area contributed by atoms with E-state index < -0.39 is 0 Å². The van der Waals surface area contributed by atoms with Crippen LogP contribution in [0.5, 0.6) is 0 Å². The molecule has 0 aromatic rings. The lowest BCUT2D eigenvalue weighted by atomic mass is 9.81. The third-order valence-electron chi connectivity index (χ3n) is 3.24. The summed E-state index contributed by atoms with van der Waals surface area (Å²) in [4.78, 5) is 2.46. The van der Waals surface area contributed by atoms with Crippen LogP contribution in [0.4, 0.5) is 0 Å². The summed E-state index contributed by atoms with van der Waals surface area (Å²) in [5, 5.41) is 0. The second-order valence-electron chi connectivity index (χ2n) is 4.40. The van der Waals surface area contributed by atoms with E-state index >= 15 is 0 Å². The van der Waals surface area contributed by atoms with Gasteiger partial charge in [-0.05, 0) is 6.54 Å². The molecule has 0 amide bonds. The van der Waals surface area contributed by atoms with Crippen molar-refractivity contribution in [1.82, 2.24) is 4.90 Å². The summed E-state index contributed by atoms with van der Waals surface area (Å²) < 4.78 is 11.1. The highest BCUT2D eigenvalue weighted by Gasteiger charge is 2.43. The van der Waals surface area contributed by atoms with Gasteiger partial charge in [0.2, 0.25) is 0 Å². The average molecular weight is 185 g/mol. The van der Waals surface area contributed by atoms with Gasteiger partial charge in [0.1, 0.15) is 0 Å². The maximum Gasteiger partial charge on any atom is 0.0800 e. The Hall–Kier alpha value is -0.120. The summed E-state index contributed by atoms with van der Waals surface area (Å²) in [5.41, 5.74) is 0.286. The lowest BCUT2D eigenvalue weighted by Gasteiger charge is -2.47. The van der Waals surface area contributed by atoms with E-state index in [1.807, 2.05) is 0 Å². The van der Waals surface area contributed by atoms with E-state index in [-0.39, 0.29) is 5.41 Å². The minimum Gasteiger partial charge on any atom is -0.380 e. The molecule has 0 unspecified atom stereocenters. The van der Waals surface area contributed by atoms with Crippen LogP contribution in [0.2, 0.25) is 0 Å². The molecule has 0 aromatic heterocycles. The number of ether oxygens (including phenoxy) is 2. The molecule has 2 aliphatic heterocycles. The summed E-state index contributed by atoms with van der Waals surface area (Å²) in [6.45, 7) is 10.4. The van der Waals surface area contributed by atoms with E-state index in [0.29, 0.717) is 6.10 Å². The average Bonchev–Trinajstić information content (AvgIpc) is 2.14. The number of likely N-dealkylation sites (N-methyl/N-ethyl adjacent to an activating group) is 1. The third kappa shape index (κ3) is 1.73. The first-order valence-electron chi connectivity index (χ1n) is 5.16. The van der Waals surface area contributed by atoms with Gasteiger partial charge in [-0.15, -0.1) is 0 Å². The molecular formula is C10H19NO2. The van der Waals surface area contributed by atoms with Crippen LogP contribution < -0.4 is 0 Å². The second kappa shape index (κ2) is 3.56. The first-order valence-corrected chi connectivity index (χ1v) is 5.16. The van der Waals surface area contributed by atoms with Crippen LogP contribution >= 0.6 is 0 Å². The Bertz CT molecular complexity index is 180. The fourth-order valence-electron chi connectivity index (χ4n) is 2.02. The van der Waals surface area contributed by atoms with Crippen molar-refractivity contribution in [2.45, 2.75) is 20.0 Å². The molecule has 1 atom stereocenters. The highest BCUT2D eigenvalue weighted by molar-refractivity contribution is 4.92. The zero-order chi connectivity index (χ0) is 9.31. The molecule has 0 saturated carbocycles. The van der Waals surface area contributed by atoms with Crippen molar-refractivity contribution in [3.05, 3.63) is 0 Å². The molecule has 2 heterocycles. The van der Waals surface area contributed by atoms with Crippen LogP contribution in [0, 0.1) is 5.41 Å². The molecule has 0 spiro atoms. The Balaban J connectivity index is 1.91. The Morgan fingerprint density at radius 2 is 2.23 bits per heavy atom. The molecule has 2 saturated heterocycles. The molecule has 0 bridgehead atoms. The van der Waals surface area contributed by atoms with E-state index in [4.69, 9.17) is 9.47 Å². The van der Waals surface area contributed by atoms with E-state index in [0.717, 1.165) is 39.5 Å². The van der Waals surface area contributed by atoms with E-state index in [9.17, 15) is 0 Å². The van der Waals surface area contributed by atoms with Gasteiger partial charge >= 0.3 is 0 Å². The number of hydrogen-bond donors (Lipinski definition) is 0. The fraction of sp³-hybridized carbons (Fsp3) is 1.00. The summed E-state index contributed by atoms with van der Waals surface area (Å²) in [6.07, 6.45) is 0.384. The molecule has 0 aromatic carbocycles. The zero-order valence-electron chi connectivity index (χ0n) is 8.58. The summed E-state index contributed by atoms with van der Waals surface area (Å²) in [5.74, 6) is 0. The fourth-order valence-corrected chi connectivity index (χ4v) is 2.02. The smallest absolute Gasteiger partial charge is 0.0800 e. The Kier molecular flexibility index (Phi) is 2.58. The van der Waals surface area contributed by atoms with Crippen molar-refractivity contribution in [3.8, 4) is 0 Å². The van der Waals surface area contributed by atoms with E-state index in [1.54, 1.807) is 0 Å². The molecule has 3 heteroatoms. The highest BCUT2D eigenvalue weighted by Crippen LogP contribution is 2.34. The Morgan fingerprint density at radius 1 is 1.46 bits per heavy atom. The lowest BCUT2D eigenvalue weighted by molar-refractivity contribution is -0.196. The van der Waals surface area contributed by atoms with Gasteiger partial charge in [-0.3, -0.25) is 4.90 Å². The van der Waals surface area contributed by atoms with Gasteiger partial charge in [0.05, 0.1) is 25.9 Å². The molecule has 2 fully saturated rings. The van der Waals surface area contributed by atoms with Crippen molar-refractivity contribution in [2.24, 2.45) is 5.41 Å². The minimum atomic E-state index is 0.286. The van der Waals surface area contributed by atoms with Crippen LogP contribution in [0.3, 0.4) is 0 Å². The molecule has 2 rings (SSSR count). The molecule has 0 N–H and O–H groups in total. The molecule has 13 heavy (non-hydrogen) atoms. The normalized spacial score (nSPS) is 34.2. The van der Waals surface area contributed by atoms with Gasteiger partial charge in [0.25, 0.3) is 0 Å². The molecule has 0 aliphatic carbocycles. The van der Waals surface area contributed by atoms with Crippen molar-refractivity contribution in [2.75, 3.05) is 39.5 Å². The van der Waals surface area contributed by atoms with Gasteiger partial charge < -0.3 is 9.47 Å². The molecule has 3 nitrogen and oxygen atoms in total. The van der Waals surface area contributed by atoms with Crippen LogP contribution in [0.25, 0.3) is 0 Å². The van der Waals surface area contributed by atoms with Crippen molar-refractivity contribution >= 4 is 0 Å². The molecule has 0 radical (unpaired) electrons. The topological polar surface area (TPSA) is 21.7 Å². The largest absolute Gasteiger partial charge is 0.380 e. The maximum atomic E-state index is 5.80. The van der Waals surface area contributed by atoms with Gasteiger partial charge in [-0.25, -0.2) is 0 Å². The van der Waals surface area contributed by atoms with E-state index in [1.165, 1.54) is 0 Å². The molecule has 76 valence electrons. The van der Waals surface area contributed by atoms with Crippen molar-refractivity contribution in [3.63, 3.8) is 0 Å². The maximum absolute atomic E-state index is 5.80. The predicted molar refractivity (Wildman–Crippen MR) is 50.8 cm³/mol. The second-order valence-corrected chi connectivity index (χ2v) is 4.40. The summed E-state index contributed by atoms with van der Waals surface area (Å²) in [7, 11) is 0. The molecular weight excluding hydrogens is 166 g/mol. The lowest BCUT2D eigenvalue weighted by Crippen LogP contribution is -2.57. The highest BCUT2D eigenvalue weighted by atomic mass is 16.5. The number of hydrogen-bond acceptors (Lipinski definition) is 3. The summed E-state index contributed by atoms with van der Waals surface area (Å²) >= 11 is 0. The van der Waals surface area contributed by atoms with Crippen LogP contribution in [-0.4, -0.2) is 50.5 Å². The van der Waals surface area contributed by atoms with E-state index in [2.05, 4.69) is 18.7 Å². The summed E-state index contributed by atoms with van der Waals surface area (Å²) in [6, 6.07) is 0. The third-order valence-corrected chi connectivity index (χ3v) is 3.24. The number of nitrogens with zero attached hydrogens (tertiary/aromatic N) is 1. The van der Waals surface area contributed by atoms with Gasteiger partial charge in [-0.1, -0.05) is 13.8 Å². The Labute approximate surface area is 80.0 Å². The quantitative estimate of drug-likeness (QED) is 0.633. The van der Waals surface area contributed by atoms with Crippen molar-refractivity contribution in [1.29, 1.82) is 0 Å². The van der Waals surface area contributed by atoms with Gasteiger partial charge in [-0.2, -0.15) is 0 Å². The predicted octanol–water partition coefficient (Wildman–Crippen LogP) is 0.744. The molecule has 2 aliphatic rings. The van der Waals surface area contributed by atoms with Crippen LogP contribution in [0.15, 0.2) is 0 Å². The number of morpholine rings is 1. The first kappa shape index (κ1) is 9.44. The van der Waals surface area contributed by atoms with Crippen molar-refractivity contribution < 1.29 is 9.47 Å². The Morgan fingerprint density at radius 3 is 2.77 bits per heavy atom. The monoisotopic (exact) mass is 185 g/mol. The van der Waals surface area contributed by atoms with Gasteiger partial charge in [0.15, 0.2) is 0 Å². The minimum absolute atomic E-state index is 0.286. The first-order chi connectivity index (χ1) is 6.24. The van der Waals surface area contributed by atoms with Crippen LogP contribution in [0.1, 0.15) is 13.8 Å². The standard InChI is InChI=1S/C10H19NO2/c1-3-11-4-5-13-9(6-11)10(2)7-12-8-10/h9H,3-8H2,1-2H3/t9-/m0/s1. The zero-order valence-corrected chi connectivity index (χ0v) is 8.58. The van der Waals surface area contributed by atoms with Gasteiger partial charge in [0, 0.05) is 18.5 Å².